The number of rotatable bonds is 9. The Hall–Kier alpha value is -3.15. The summed E-state index contributed by atoms with van der Waals surface area (Å²) in [4.78, 5) is 31.9. The Morgan fingerprint density at radius 1 is 1.19 bits per heavy atom. The highest BCUT2D eigenvalue weighted by atomic mass is 32.2. The van der Waals surface area contributed by atoms with Gasteiger partial charge < -0.3 is 9.64 Å². The molecule has 1 aromatic heterocycles. The predicted molar refractivity (Wildman–Crippen MR) is 127 cm³/mol. The van der Waals surface area contributed by atoms with Gasteiger partial charge >= 0.3 is 5.97 Å². The molecule has 1 unspecified atom stereocenters. The summed E-state index contributed by atoms with van der Waals surface area (Å²) in [6, 6.07) is 18.3. The first-order chi connectivity index (χ1) is 15.5. The lowest BCUT2D eigenvalue weighted by atomic mass is 10.1. The Morgan fingerprint density at radius 2 is 1.91 bits per heavy atom. The highest BCUT2D eigenvalue weighted by Gasteiger charge is 2.26. The standard InChI is InChI=1S/C24H23N3O3S2/c1-17-15-31-24(26-17)32-16-19-9-6-7-12-21(19)23(29)30-18(2)22(28)27(14-8-13-25)20-10-4-3-5-11-20/h3-7,9-12,15,18H,8,14,16H2,1-2H3. The molecule has 0 N–H and O–H groups in total. The molecule has 0 fully saturated rings. The molecule has 0 spiro atoms. The SMILES string of the molecule is Cc1csc(SCc2ccccc2C(=O)OC(C)C(=O)N(CCC#N)c2ccccc2)n1. The number of ether oxygens (including phenoxy) is 1. The maximum Gasteiger partial charge on any atom is 0.339 e. The van der Waals surface area contributed by atoms with Crippen LogP contribution in [0, 0.1) is 18.3 Å². The topological polar surface area (TPSA) is 83.3 Å². The summed E-state index contributed by atoms with van der Waals surface area (Å²) in [6.45, 7) is 3.72. The number of thiazole rings is 1. The first kappa shape index (κ1) is 23.5. The van der Waals surface area contributed by atoms with Gasteiger partial charge in [0.1, 0.15) is 4.34 Å². The maximum absolute atomic E-state index is 13.0. The molecule has 0 saturated carbocycles. The molecular formula is C24H23N3O3S2. The van der Waals surface area contributed by atoms with Gasteiger partial charge in [0.05, 0.1) is 18.1 Å². The summed E-state index contributed by atoms with van der Waals surface area (Å²) in [5.41, 5.74) is 2.87. The molecule has 0 radical (unpaired) electrons. The lowest BCUT2D eigenvalue weighted by molar-refractivity contribution is -0.126. The zero-order valence-corrected chi connectivity index (χ0v) is 19.5. The summed E-state index contributed by atoms with van der Waals surface area (Å²) in [5, 5.41) is 10.9. The van der Waals surface area contributed by atoms with Gasteiger partial charge in [-0.2, -0.15) is 5.26 Å². The summed E-state index contributed by atoms with van der Waals surface area (Å²) < 4.78 is 6.48. The number of para-hydroxylation sites is 1. The Bertz CT molecular complexity index is 1110. The van der Waals surface area contributed by atoms with E-state index in [9.17, 15) is 9.59 Å². The molecule has 8 heteroatoms. The molecule has 1 amide bonds. The Labute approximate surface area is 195 Å². The van der Waals surface area contributed by atoms with Crippen LogP contribution in [0.1, 0.15) is 35.0 Å². The van der Waals surface area contributed by atoms with Crippen molar-refractivity contribution in [2.75, 3.05) is 11.4 Å². The van der Waals surface area contributed by atoms with Crippen molar-refractivity contribution in [2.24, 2.45) is 0 Å². The van der Waals surface area contributed by atoms with Crippen molar-refractivity contribution in [1.82, 2.24) is 4.98 Å². The van der Waals surface area contributed by atoms with Crippen LogP contribution in [0.5, 0.6) is 0 Å². The molecule has 3 aromatic rings. The molecule has 0 aliphatic carbocycles. The van der Waals surface area contributed by atoms with Crippen LogP contribution >= 0.6 is 23.1 Å². The largest absolute Gasteiger partial charge is 0.449 e. The van der Waals surface area contributed by atoms with Crippen LogP contribution < -0.4 is 4.90 Å². The quantitative estimate of drug-likeness (QED) is 0.318. The van der Waals surface area contributed by atoms with Crippen LogP contribution in [0.3, 0.4) is 0 Å². The van der Waals surface area contributed by atoms with E-state index in [1.807, 2.05) is 42.6 Å². The summed E-state index contributed by atoms with van der Waals surface area (Å²) >= 11 is 3.12. The molecule has 0 aliphatic heterocycles. The minimum absolute atomic E-state index is 0.178. The van der Waals surface area contributed by atoms with Gasteiger partial charge in [0.15, 0.2) is 6.10 Å². The minimum Gasteiger partial charge on any atom is -0.449 e. The number of hydrogen-bond donors (Lipinski definition) is 0. The van der Waals surface area contributed by atoms with E-state index in [0.717, 1.165) is 15.6 Å². The molecule has 3 rings (SSSR count). The second-order valence-electron chi connectivity index (χ2n) is 6.98. The van der Waals surface area contributed by atoms with Gasteiger partial charge in [0.2, 0.25) is 0 Å². The first-order valence-corrected chi connectivity index (χ1v) is 11.9. The van der Waals surface area contributed by atoms with Crippen LogP contribution in [0.4, 0.5) is 5.69 Å². The molecule has 1 atom stereocenters. The highest BCUT2D eigenvalue weighted by Crippen LogP contribution is 2.27. The molecule has 2 aromatic carbocycles. The summed E-state index contributed by atoms with van der Waals surface area (Å²) in [7, 11) is 0. The number of carbonyl (C=O) groups excluding carboxylic acids is 2. The van der Waals surface area contributed by atoms with Crippen molar-refractivity contribution in [1.29, 1.82) is 5.26 Å². The zero-order chi connectivity index (χ0) is 22.9. The lowest BCUT2D eigenvalue weighted by Crippen LogP contribution is -2.40. The zero-order valence-electron chi connectivity index (χ0n) is 17.9. The van der Waals surface area contributed by atoms with Gasteiger partial charge in [0, 0.05) is 29.1 Å². The molecule has 164 valence electrons. The Morgan fingerprint density at radius 3 is 2.59 bits per heavy atom. The van der Waals surface area contributed by atoms with Crippen molar-refractivity contribution in [3.8, 4) is 6.07 Å². The number of aryl methyl sites for hydroxylation is 1. The van der Waals surface area contributed by atoms with E-state index < -0.39 is 12.1 Å². The van der Waals surface area contributed by atoms with Crippen molar-refractivity contribution >= 4 is 40.7 Å². The van der Waals surface area contributed by atoms with Gasteiger partial charge in [-0.25, -0.2) is 9.78 Å². The average molecular weight is 466 g/mol. The summed E-state index contributed by atoms with van der Waals surface area (Å²) in [5.74, 6) is -0.352. The molecule has 0 saturated heterocycles. The van der Waals surface area contributed by atoms with Crippen LogP contribution in [0.2, 0.25) is 0 Å². The second kappa shape index (κ2) is 11.5. The Balaban J connectivity index is 1.70. The van der Waals surface area contributed by atoms with E-state index in [1.54, 1.807) is 54.3 Å². The molecule has 1 heterocycles. The lowest BCUT2D eigenvalue weighted by Gasteiger charge is -2.25. The third-order valence-corrected chi connectivity index (χ3v) is 6.79. The maximum atomic E-state index is 13.0. The number of nitrogens with zero attached hydrogens (tertiary/aromatic N) is 3. The van der Waals surface area contributed by atoms with Crippen molar-refractivity contribution in [2.45, 2.75) is 36.5 Å². The molecule has 6 nitrogen and oxygen atoms in total. The van der Waals surface area contributed by atoms with Crippen LogP contribution in [0.25, 0.3) is 0 Å². The Kier molecular flexibility index (Phi) is 8.42. The number of esters is 1. The smallest absolute Gasteiger partial charge is 0.339 e. The number of amides is 1. The monoisotopic (exact) mass is 465 g/mol. The number of nitriles is 1. The van der Waals surface area contributed by atoms with E-state index >= 15 is 0 Å². The van der Waals surface area contributed by atoms with E-state index in [1.165, 1.54) is 4.90 Å². The van der Waals surface area contributed by atoms with E-state index in [0.29, 0.717) is 17.0 Å². The number of hydrogen-bond acceptors (Lipinski definition) is 7. The summed E-state index contributed by atoms with van der Waals surface area (Å²) in [6.07, 6.45) is -0.818. The van der Waals surface area contributed by atoms with Gasteiger partial charge in [-0.05, 0) is 37.6 Å². The van der Waals surface area contributed by atoms with Crippen LogP contribution in [0.15, 0.2) is 64.3 Å². The fourth-order valence-corrected chi connectivity index (χ4v) is 4.87. The van der Waals surface area contributed by atoms with E-state index in [4.69, 9.17) is 10.00 Å². The van der Waals surface area contributed by atoms with Crippen molar-refractivity contribution in [3.05, 3.63) is 76.8 Å². The molecule has 32 heavy (non-hydrogen) atoms. The number of anilines is 1. The third-order valence-electron chi connectivity index (χ3n) is 4.60. The number of carbonyl (C=O) groups is 2. The van der Waals surface area contributed by atoms with Gasteiger partial charge in [-0.1, -0.05) is 48.2 Å². The first-order valence-electron chi connectivity index (χ1n) is 10.1. The number of benzene rings is 2. The fourth-order valence-electron chi connectivity index (χ4n) is 3.01. The van der Waals surface area contributed by atoms with Crippen LogP contribution in [-0.2, 0) is 15.3 Å². The van der Waals surface area contributed by atoms with E-state index in [-0.39, 0.29) is 18.9 Å². The normalized spacial score (nSPS) is 11.4. The highest BCUT2D eigenvalue weighted by molar-refractivity contribution is 8.00. The van der Waals surface area contributed by atoms with Crippen molar-refractivity contribution < 1.29 is 14.3 Å². The fraction of sp³-hybridized carbons (Fsp3) is 0.250. The predicted octanol–water partition coefficient (Wildman–Crippen LogP) is 5.24. The van der Waals surface area contributed by atoms with Gasteiger partial charge in [-0.3, -0.25) is 4.79 Å². The second-order valence-corrected chi connectivity index (χ2v) is 9.06. The number of aromatic nitrogens is 1. The minimum atomic E-state index is -0.997. The van der Waals surface area contributed by atoms with E-state index in [2.05, 4.69) is 11.1 Å². The molecule has 0 aliphatic rings. The van der Waals surface area contributed by atoms with Gasteiger partial charge in [0.25, 0.3) is 5.91 Å². The van der Waals surface area contributed by atoms with Crippen molar-refractivity contribution in [3.63, 3.8) is 0 Å². The molecular weight excluding hydrogens is 442 g/mol. The van der Waals surface area contributed by atoms with Gasteiger partial charge in [-0.15, -0.1) is 11.3 Å². The average Bonchev–Trinajstić information content (AvgIpc) is 3.23. The number of thioether (sulfide) groups is 1. The third kappa shape index (κ3) is 6.19. The molecule has 0 bridgehead atoms. The van der Waals surface area contributed by atoms with Crippen LogP contribution in [-0.4, -0.2) is 29.5 Å².